The van der Waals surface area contributed by atoms with Crippen LogP contribution in [0.3, 0.4) is 0 Å². The number of aliphatic hydroxyl groups is 1. The molecule has 9 heteroatoms. The first kappa shape index (κ1) is 23.3. The normalized spacial score (nSPS) is 16.4. The highest BCUT2D eigenvalue weighted by Crippen LogP contribution is 2.44. The van der Waals surface area contributed by atoms with Crippen molar-refractivity contribution < 1.29 is 29.3 Å². The number of hydrogen-bond acceptors (Lipinski definition) is 6. The second kappa shape index (κ2) is 9.53. The lowest BCUT2D eigenvalue weighted by Crippen LogP contribution is -2.69. The zero-order valence-electron chi connectivity index (χ0n) is 18.4. The second-order valence-electron chi connectivity index (χ2n) is 8.60. The summed E-state index contributed by atoms with van der Waals surface area (Å²) in [5, 5.41) is 30.3. The van der Waals surface area contributed by atoms with Gasteiger partial charge in [-0.1, -0.05) is 48.5 Å². The van der Waals surface area contributed by atoms with E-state index in [0.29, 0.717) is 6.42 Å². The van der Waals surface area contributed by atoms with Crippen LogP contribution in [0.4, 0.5) is 4.79 Å². The Morgan fingerprint density at radius 3 is 2.26 bits per heavy atom. The molecule has 1 aliphatic carbocycles. The van der Waals surface area contributed by atoms with Crippen LogP contribution in [0.1, 0.15) is 36.3 Å². The Morgan fingerprint density at radius 2 is 1.71 bits per heavy atom. The summed E-state index contributed by atoms with van der Waals surface area (Å²) in [6.45, 7) is -0.633. The van der Waals surface area contributed by atoms with E-state index in [1.807, 2.05) is 54.6 Å². The molecule has 1 atom stereocenters. The predicted molar refractivity (Wildman–Crippen MR) is 121 cm³/mol. The molecule has 1 heterocycles. The standard InChI is InChI=1S/C25H25N3O6/c26-12-6-5-11-21(22(29)28-14-25(33,15-28)23(30)31)27-24(32)34-13-20-18-9-3-1-7-16(18)17-8-2-4-10-19(17)20/h1-4,7-10,20-21,33H,5-6,11,13-15H2,(H,27,32)(H,30,31). The number of nitrogens with one attached hydrogen (secondary N) is 1. The fourth-order valence-electron chi connectivity index (χ4n) is 4.52. The number of carboxylic acid groups (broad SMARTS) is 1. The van der Waals surface area contributed by atoms with Crippen molar-refractivity contribution in [3.8, 4) is 17.2 Å². The zero-order chi connectivity index (χ0) is 24.3. The van der Waals surface area contributed by atoms with Gasteiger partial charge in [-0.2, -0.15) is 5.26 Å². The highest BCUT2D eigenvalue weighted by molar-refractivity contribution is 5.89. The first-order valence-corrected chi connectivity index (χ1v) is 11.1. The number of carbonyl (C=O) groups excluding carboxylic acids is 2. The molecule has 2 aliphatic rings. The highest BCUT2D eigenvalue weighted by Gasteiger charge is 2.51. The van der Waals surface area contributed by atoms with E-state index in [1.165, 1.54) is 4.90 Å². The van der Waals surface area contributed by atoms with Gasteiger partial charge in [-0.05, 0) is 35.1 Å². The second-order valence-corrected chi connectivity index (χ2v) is 8.60. The van der Waals surface area contributed by atoms with Gasteiger partial charge < -0.3 is 25.2 Å². The van der Waals surface area contributed by atoms with Crippen LogP contribution in [0, 0.1) is 11.3 Å². The smallest absolute Gasteiger partial charge is 0.407 e. The molecule has 2 aromatic rings. The molecule has 0 bridgehead atoms. The third kappa shape index (κ3) is 4.45. The molecule has 34 heavy (non-hydrogen) atoms. The summed E-state index contributed by atoms with van der Waals surface area (Å²) < 4.78 is 5.51. The fourth-order valence-corrected chi connectivity index (χ4v) is 4.52. The maximum Gasteiger partial charge on any atom is 0.407 e. The minimum absolute atomic E-state index is 0.0848. The summed E-state index contributed by atoms with van der Waals surface area (Å²) >= 11 is 0. The van der Waals surface area contributed by atoms with Crippen molar-refractivity contribution in [2.75, 3.05) is 19.7 Å². The molecule has 4 rings (SSSR count). The average Bonchev–Trinajstić information content (AvgIpc) is 3.13. The number of likely N-dealkylation sites (tertiary alicyclic amines) is 1. The third-order valence-corrected chi connectivity index (χ3v) is 6.33. The number of nitriles is 1. The number of fused-ring (bicyclic) bond motifs is 3. The number of benzene rings is 2. The molecular weight excluding hydrogens is 438 g/mol. The number of ether oxygens (including phenoxy) is 1. The largest absolute Gasteiger partial charge is 0.479 e. The summed E-state index contributed by atoms with van der Waals surface area (Å²) in [5.41, 5.74) is 2.34. The number of β-amino-alcohol motifs (C(OH)–C–C–N with tert-alkyl or cyclic N) is 1. The van der Waals surface area contributed by atoms with Crippen LogP contribution < -0.4 is 5.32 Å². The summed E-state index contributed by atoms with van der Waals surface area (Å²) in [7, 11) is 0. The predicted octanol–water partition coefficient (Wildman–Crippen LogP) is 2.25. The molecule has 2 aromatic carbocycles. The van der Waals surface area contributed by atoms with Gasteiger partial charge in [-0.15, -0.1) is 0 Å². The topological polar surface area (TPSA) is 140 Å². The highest BCUT2D eigenvalue weighted by atomic mass is 16.5. The van der Waals surface area contributed by atoms with Crippen molar-refractivity contribution in [2.45, 2.75) is 36.8 Å². The quantitative estimate of drug-likeness (QED) is 0.510. The van der Waals surface area contributed by atoms with E-state index in [0.717, 1.165) is 22.3 Å². The van der Waals surface area contributed by atoms with Crippen LogP contribution in [-0.4, -0.2) is 64.4 Å². The van der Waals surface area contributed by atoms with Crippen LogP contribution in [0.25, 0.3) is 11.1 Å². The van der Waals surface area contributed by atoms with Gasteiger partial charge in [0, 0.05) is 12.3 Å². The summed E-state index contributed by atoms with van der Waals surface area (Å²) in [4.78, 5) is 37.7. The molecule has 1 aliphatic heterocycles. The van der Waals surface area contributed by atoms with E-state index in [-0.39, 0.29) is 38.5 Å². The van der Waals surface area contributed by atoms with Gasteiger partial charge in [0.15, 0.2) is 5.60 Å². The van der Waals surface area contributed by atoms with E-state index in [4.69, 9.17) is 15.1 Å². The Hall–Kier alpha value is -3.90. The van der Waals surface area contributed by atoms with E-state index < -0.39 is 29.6 Å². The molecule has 1 unspecified atom stereocenters. The lowest BCUT2D eigenvalue weighted by atomic mass is 9.93. The molecule has 0 radical (unpaired) electrons. The Balaban J connectivity index is 1.40. The van der Waals surface area contributed by atoms with Gasteiger partial charge >= 0.3 is 12.1 Å². The van der Waals surface area contributed by atoms with Crippen molar-refractivity contribution in [2.24, 2.45) is 0 Å². The molecule has 2 amide bonds. The molecule has 1 fully saturated rings. The number of aliphatic carboxylic acids is 1. The number of amides is 2. The first-order chi connectivity index (χ1) is 16.3. The van der Waals surface area contributed by atoms with Crippen LogP contribution in [0.5, 0.6) is 0 Å². The van der Waals surface area contributed by atoms with Crippen molar-refractivity contribution in [3.63, 3.8) is 0 Å². The van der Waals surface area contributed by atoms with Crippen molar-refractivity contribution >= 4 is 18.0 Å². The number of hydrogen-bond donors (Lipinski definition) is 3. The molecule has 176 valence electrons. The summed E-state index contributed by atoms with van der Waals surface area (Å²) in [6.07, 6.45) is -0.00677. The minimum atomic E-state index is -1.98. The fraction of sp³-hybridized carbons (Fsp3) is 0.360. The number of carbonyl (C=O) groups is 3. The molecule has 0 saturated carbocycles. The number of carboxylic acids is 1. The molecule has 9 nitrogen and oxygen atoms in total. The number of unbranched alkanes of at least 4 members (excludes halogenated alkanes) is 1. The van der Waals surface area contributed by atoms with Gasteiger partial charge in [0.2, 0.25) is 5.91 Å². The molecule has 0 spiro atoms. The van der Waals surface area contributed by atoms with Crippen LogP contribution in [0.15, 0.2) is 48.5 Å². The van der Waals surface area contributed by atoms with E-state index >= 15 is 0 Å². The molecular formula is C25H25N3O6. The Bertz CT molecular complexity index is 1110. The molecule has 0 aromatic heterocycles. The van der Waals surface area contributed by atoms with E-state index in [1.54, 1.807) is 0 Å². The maximum atomic E-state index is 12.8. The SMILES string of the molecule is N#CCCCC(NC(=O)OCC1c2ccccc2-c2ccccc21)C(=O)N1CC(O)(C(=O)O)C1. The molecule has 1 saturated heterocycles. The monoisotopic (exact) mass is 463 g/mol. The summed E-state index contributed by atoms with van der Waals surface area (Å²) in [6, 6.07) is 16.9. The molecule has 3 N–H and O–H groups in total. The minimum Gasteiger partial charge on any atom is -0.479 e. The lowest BCUT2D eigenvalue weighted by Gasteiger charge is -2.44. The van der Waals surface area contributed by atoms with Gasteiger partial charge in [0.05, 0.1) is 19.2 Å². The average molecular weight is 463 g/mol. The van der Waals surface area contributed by atoms with Gasteiger partial charge in [0.25, 0.3) is 0 Å². The van der Waals surface area contributed by atoms with E-state index in [2.05, 4.69) is 5.32 Å². The zero-order valence-corrected chi connectivity index (χ0v) is 18.4. The van der Waals surface area contributed by atoms with Crippen LogP contribution in [-0.2, 0) is 14.3 Å². The van der Waals surface area contributed by atoms with Gasteiger partial charge in [-0.3, -0.25) is 4.79 Å². The third-order valence-electron chi connectivity index (χ3n) is 6.33. The van der Waals surface area contributed by atoms with Crippen molar-refractivity contribution in [1.82, 2.24) is 10.2 Å². The Kier molecular flexibility index (Phi) is 6.52. The Labute approximate surface area is 196 Å². The number of alkyl carbamates (subject to hydrolysis) is 1. The number of rotatable bonds is 8. The van der Waals surface area contributed by atoms with Gasteiger partial charge in [-0.25, -0.2) is 9.59 Å². The maximum absolute atomic E-state index is 12.8. The van der Waals surface area contributed by atoms with E-state index in [9.17, 15) is 19.5 Å². The van der Waals surface area contributed by atoms with Crippen LogP contribution in [0.2, 0.25) is 0 Å². The summed E-state index contributed by atoms with van der Waals surface area (Å²) in [5.74, 6) is -2.05. The van der Waals surface area contributed by atoms with Crippen molar-refractivity contribution in [3.05, 3.63) is 59.7 Å². The van der Waals surface area contributed by atoms with Gasteiger partial charge in [0.1, 0.15) is 12.6 Å². The van der Waals surface area contributed by atoms with Crippen molar-refractivity contribution in [1.29, 1.82) is 5.26 Å². The lowest BCUT2D eigenvalue weighted by molar-refractivity contribution is -0.182. The first-order valence-electron chi connectivity index (χ1n) is 11.1. The van der Waals surface area contributed by atoms with Crippen LogP contribution >= 0.6 is 0 Å². The Morgan fingerprint density at radius 1 is 1.12 bits per heavy atom. The number of nitrogens with zero attached hydrogens (tertiary/aromatic N) is 2.